The minimum absolute atomic E-state index is 0.0478. The van der Waals surface area contributed by atoms with Crippen molar-refractivity contribution in [3.05, 3.63) is 59.4 Å². The summed E-state index contributed by atoms with van der Waals surface area (Å²) in [5.41, 5.74) is 2.56. The molecule has 0 atom stereocenters. The number of carbonyl (C=O) groups excluding carboxylic acids is 2. The van der Waals surface area contributed by atoms with E-state index >= 15 is 0 Å². The van der Waals surface area contributed by atoms with Crippen molar-refractivity contribution >= 4 is 27.6 Å². The largest absolute Gasteiger partial charge is 0.325 e. The normalized spacial score (nSPS) is 15.5. The van der Waals surface area contributed by atoms with Gasteiger partial charge in [0, 0.05) is 31.9 Å². The van der Waals surface area contributed by atoms with Crippen molar-refractivity contribution in [2.24, 2.45) is 0 Å². The molecular formula is C21H25FN4O4S. The number of amides is 3. The van der Waals surface area contributed by atoms with Gasteiger partial charge in [0.2, 0.25) is 15.9 Å². The molecule has 0 radical (unpaired) electrons. The van der Waals surface area contributed by atoms with Gasteiger partial charge in [0.25, 0.3) is 0 Å². The molecule has 1 aliphatic rings. The van der Waals surface area contributed by atoms with E-state index in [-0.39, 0.29) is 24.5 Å². The maximum atomic E-state index is 13.9. The number of sulfonamides is 1. The summed E-state index contributed by atoms with van der Waals surface area (Å²) in [7, 11) is -3.94. The fourth-order valence-corrected chi connectivity index (χ4v) is 4.82. The van der Waals surface area contributed by atoms with Crippen molar-refractivity contribution in [1.82, 2.24) is 14.5 Å². The summed E-state index contributed by atoms with van der Waals surface area (Å²) >= 11 is 0. The standard InChI is InChI=1S/C21H25FN4O4S/c1-15-6-5-8-18(16(15)2)23-21(28)24-20(27)14-25-10-12-26(13-11-25)31(29,30)19-9-4-3-7-17(19)22/h3-9H,10-14H2,1-2H3,(H2,23,24,27,28). The highest BCUT2D eigenvalue weighted by Gasteiger charge is 2.31. The van der Waals surface area contributed by atoms with Gasteiger partial charge in [0.1, 0.15) is 10.7 Å². The Kier molecular flexibility index (Phi) is 7.04. The molecule has 1 aliphatic heterocycles. The average molecular weight is 449 g/mol. The van der Waals surface area contributed by atoms with Gasteiger partial charge in [-0.05, 0) is 43.2 Å². The Morgan fingerprint density at radius 3 is 2.35 bits per heavy atom. The second-order valence-electron chi connectivity index (χ2n) is 7.36. The Balaban J connectivity index is 1.50. The highest BCUT2D eigenvalue weighted by atomic mass is 32.2. The fourth-order valence-electron chi connectivity index (χ4n) is 3.33. The third-order valence-corrected chi connectivity index (χ3v) is 7.19. The molecule has 166 valence electrons. The Labute approximate surface area is 181 Å². The maximum absolute atomic E-state index is 13.9. The number of aryl methyl sites for hydroxylation is 1. The predicted molar refractivity (Wildman–Crippen MR) is 115 cm³/mol. The lowest BCUT2D eigenvalue weighted by molar-refractivity contribution is -0.121. The zero-order valence-electron chi connectivity index (χ0n) is 17.4. The van der Waals surface area contributed by atoms with Crippen molar-refractivity contribution in [2.75, 3.05) is 38.0 Å². The molecule has 1 heterocycles. The summed E-state index contributed by atoms with van der Waals surface area (Å²) in [4.78, 5) is 25.7. The van der Waals surface area contributed by atoms with Crippen LogP contribution in [0.4, 0.5) is 14.9 Å². The minimum Gasteiger partial charge on any atom is -0.307 e. The minimum atomic E-state index is -3.94. The zero-order valence-corrected chi connectivity index (χ0v) is 18.2. The van der Waals surface area contributed by atoms with Gasteiger partial charge < -0.3 is 5.32 Å². The van der Waals surface area contributed by atoms with Crippen LogP contribution >= 0.6 is 0 Å². The van der Waals surface area contributed by atoms with Crippen LogP contribution in [0.1, 0.15) is 11.1 Å². The van der Waals surface area contributed by atoms with Crippen molar-refractivity contribution in [3.63, 3.8) is 0 Å². The summed E-state index contributed by atoms with van der Waals surface area (Å²) in [5, 5.41) is 4.94. The van der Waals surface area contributed by atoms with Crippen molar-refractivity contribution in [2.45, 2.75) is 18.7 Å². The number of piperazine rings is 1. The van der Waals surface area contributed by atoms with Crippen molar-refractivity contribution < 1.29 is 22.4 Å². The average Bonchev–Trinajstić information content (AvgIpc) is 2.72. The van der Waals surface area contributed by atoms with Crippen LogP contribution in [0.2, 0.25) is 0 Å². The van der Waals surface area contributed by atoms with Crippen molar-refractivity contribution in [1.29, 1.82) is 0 Å². The first-order chi connectivity index (χ1) is 14.7. The van der Waals surface area contributed by atoms with E-state index in [1.807, 2.05) is 26.0 Å². The molecule has 8 nitrogen and oxygen atoms in total. The van der Waals surface area contributed by atoms with Gasteiger partial charge in [-0.25, -0.2) is 17.6 Å². The van der Waals surface area contributed by atoms with Gasteiger partial charge in [-0.15, -0.1) is 0 Å². The molecule has 0 aromatic heterocycles. The molecule has 0 aliphatic carbocycles. The van der Waals surface area contributed by atoms with Crippen LogP contribution in [0.15, 0.2) is 47.4 Å². The third-order valence-electron chi connectivity index (χ3n) is 5.26. The van der Waals surface area contributed by atoms with Gasteiger partial charge in [0.05, 0.1) is 6.54 Å². The van der Waals surface area contributed by atoms with Gasteiger partial charge >= 0.3 is 6.03 Å². The highest BCUT2D eigenvalue weighted by Crippen LogP contribution is 2.20. The molecule has 2 N–H and O–H groups in total. The van der Waals surface area contributed by atoms with Crippen LogP contribution in [0.25, 0.3) is 0 Å². The van der Waals surface area contributed by atoms with Crippen LogP contribution in [0.5, 0.6) is 0 Å². The molecule has 1 fully saturated rings. The Hall–Kier alpha value is -2.82. The van der Waals surface area contributed by atoms with E-state index in [1.165, 1.54) is 22.5 Å². The van der Waals surface area contributed by atoms with E-state index in [2.05, 4.69) is 10.6 Å². The van der Waals surface area contributed by atoms with Gasteiger partial charge in [-0.3, -0.25) is 15.0 Å². The molecule has 31 heavy (non-hydrogen) atoms. The number of urea groups is 1. The Morgan fingerprint density at radius 2 is 1.68 bits per heavy atom. The highest BCUT2D eigenvalue weighted by molar-refractivity contribution is 7.89. The van der Waals surface area contributed by atoms with Gasteiger partial charge in [-0.2, -0.15) is 4.31 Å². The van der Waals surface area contributed by atoms with E-state index in [1.54, 1.807) is 11.0 Å². The molecule has 2 aromatic carbocycles. The van der Waals surface area contributed by atoms with E-state index < -0.39 is 27.8 Å². The lowest BCUT2D eigenvalue weighted by Crippen LogP contribution is -2.51. The van der Waals surface area contributed by atoms with Crippen LogP contribution < -0.4 is 10.6 Å². The van der Waals surface area contributed by atoms with Crippen molar-refractivity contribution in [3.8, 4) is 0 Å². The number of anilines is 1. The summed E-state index contributed by atoms with van der Waals surface area (Å²) < 4.78 is 40.4. The number of nitrogens with one attached hydrogen (secondary N) is 2. The van der Waals surface area contributed by atoms with Crippen LogP contribution in [0, 0.1) is 19.7 Å². The molecule has 10 heteroatoms. The Morgan fingerprint density at radius 1 is 1.00 bits per heavy atom. The molecule has 1 saturated heterocycles. The quantitative estimate of drug-likeness (QED) is 0.730. The smallest absolute Gasteiger partial charge is 0.307 e. The molecule has 0 unspecified atom stereocenters. The number of hydrogen-bond acceptors (Lipinski definition) is 5. The lowest BCUT2D eigenvalue weighted by atomic mass is 10.1. The molecule has 0 bridgehead atoms. The number of rotatable bonds is 5. The summed E-state index contributed by atoms with van der Waals surface area (Å²) in [6.45, 7) is 4.59. The van der Waals surface area contributed by atoms with Gasteiger partial charge in [-0.1, -0.05) is 24.3 Å². The topological polar surface area (TPSA) is 98.8 Å². The summed E-state index contributed by atoms with van der Waals surface area (Å²) in [5.74, 6) is -1.28. The SMILES string of the molecule is Cc1cccc(NC(=O)NC(=O)CN2CCN(S(=O)(=O)c3ccccc3F)CC2)c1C. The van der Waals surface area contributed by atoms with Crippen LogP contribution in [-0.2, 0) is 14.8 Å². The number of carbonyl (C=O) groups is 2. The molecule has 3 amide bonds. The van der Waals surface area contributed by atoms with E-state index in [0.717, 1.165) is 17.2 Å². The number of nitrogens with zero attached hydrogens (tertiary/aromatic N) is 2. The predicted octanol–water partition coefficient (Wildman–Crippen LogP) is 2.10. The van der Waals surface area contributed by atoms with E-state index in [4.69, 9.17) is 0 Å². The fraction of sp³-hybridized carbons (Fsp3) is 0.333. The first kappa shape index (κ1) is 22.9. The van der Waals surface area contributed by atoms with Crippen LogP contribution in [0.3, 0.4) is 0 Å². The molecule has 0 saturated carbocycles. The van der Waals surface area contributed by atoms with Gasteiger partial charge in [0.15, 0.2) is 0 Å². The molecular weight excluding hydrogens is 423 g/mol. The summed E-state index contributed by atoms with van der Waals surface area (Å²) in [6, 6.07) is 10.1. The monoisotopic (exact) mass is 448 g/mol. The first-order valence-corrected chi connectivity index (χ1v) is 11.3. The zero-order chi connectivity index (χ0) is 22.6. The molecule has 0 spiro atoms. The van der Waals surface area contributed by atoms with Crippen LogP contribution in [-0.4, -0.2) is 62.3 Å². The second-order valence-corrected chi connectivity index (χ2v) is 9.27. The Bertz CT molecular complexity index is 1080. The third kappa shape index (κ3) is 5.46. The first-order valence-electron chi connectivity index (χ1n) is 9.82. The number of benzene rings is 2. The number of imide groups is 1. The maximum Gasteiger partial charge on any atom is 0.325 e. The lowest BCUT2D eigenvalue weighted by Gasteiger charge is -2.33. The number of halogens is 1. The van der Waals surface area contributed by atoms with E-state index in [0.29, 0.717) is 18.8 Å². The molecule has 3 rings (SSSR count). The molecule has 2 aromatic rings. The second kappa shape index (κ2) is 9.54. The number of hydrogen-bond donors (Lipinski definition) is 2. The van der Waals surface area contributed by atoms with E-state index in [9.17, 15) is 22.4 Å². The summed E-state index contributed by atoms with van der Waals surface area (Å²) in [6.07, 6.45) is 0.